The Balaban J connectivity index is -0.000000120. The average Bonchev–Trinajstić information content (AvgIpc) is 1.86. The van der Waals surface area contributed by atoms with E-state index in [1.54, 1.807) is 0 Å². The second-order valence-electron chi connectivity index (χ2n) is 1.47. The second-order valence-corrected chi connectivity index (χ2v) is 1.47. The maximum atomic E-state index is 3.12. The number of rotatable bonds is 0. The quantitative estimate of drug-likeness (QED) is 0.312. The van der Waals surface area contributed by atoms with E-state index in [9.17, 15) is 0 Å². The first-order valence-corrected chi connectivity index (χ1v) is 2.13. The summed E-state index contributed by atoms with van der Waals surface area (Å²) in [6.07, 6.45) is 8.33. The molecule has 0 aromatic rings. The number of allylic oxidation sites excluding steroid dienone is 4. The average molecular weight is 329 g/mol. The third-order valence-corrected chi connectivity index (χ3v) is 0.867. The summed E-state index contributed by atoms with van der Waals surface area (Å²) in [5.41, 5.74) is 1.27. The summed E-state index contributed by atoms with van der Waals surface area (Å²) >= 11 is 0. The van der Waals surface area contributed by atoms with Gasteiger partial charge in [-0.15, -0.1) is 6.42 Å². The largest absolute Gasteiger partial charge is 4.00 e. The Morgan fingerprint density at radius 3 is 2.11 bits per heavy atom. The van der Waals surface area contributed by atoms with Gasteiger partial charge in [-0.05, 0) is 0 Å². The fraction of sp³-hybridized carbons (Fsp3) is 0.333. The van der Waals surface area contributed by atoms with E-state index in [4.69, 9.17) is 0 Å². The minimum atomic E-state index is 0. The Morgan fingerprint density at radius 1 is 1.44 bits per heavy atom. The standard InChI is InChI=1S/C6H7.2ClH.Hf/c1-6-4-2-3-5-6;;;/h2,4H,3H2,1H3;2*1H;/q-1;;;+4/p-2. The van der Waals surface area contributed by atoms with Crippen molar-refractivity contribution in [3.8, 4) is 0 Å². The van der Waals surface area contributed by atoms with Crippen molar-refractivity contribution >= 4 is 0 Å². The van der Waals surface area contributed by atoms with Crippen LogP contribution in [0.1, 0.15) is 13.3 Å². The summed E-state index contributed by atoms with van der Waals surface area (Å²) in [5.74, 6) is 0. The molecular formula is C6H7Cl2Hf+. The summed E-state index contributed by atoms with van der Waals surface area (Å²) < 4.78 is 0. The molecule has 0 unspecified atom stereocenters. The third kappa shape index (κ3) is 6.82. The van der Waals surface area contributed by atoms with Crippen LogP contribution in [0, 0.1) is 6.08 Å². The van der Waals surface area contributed by atoms with Crippen molar-refractivity contribution in [2.75, 3.05) is 0 Å². The number of hydrogen-bond acceptors (Lipinski definition) is 0. The van der Waals surface area contributed by atoms with E-state index in [2.05, 4.69) is 25.2 Å². The van der Waals surface area contributed by atoms with E-state index in [0.29, 0.717) is 0 Å². The Hall–Kier alpha value is 0.930. The van der Waals surface area contributed by atoms with Crippen LogP contribution in [0.4, 0.5) is 0 Å². The van der Waals surface area contributed by atoms with Crippen LogP contribution in [-0.2, 0) is 25.8 Å². The Kier molecular flexibility index (Phi) is 16.4. The predicted molar refractivity (Wildman–Crippen MR) is 26.2 cm³/mol. The van der Waals surface area contributed by atoms with Gasteiger partial charge in [0, 0.05) is 0 Å². The third-order valence-electron chi connectivity index (χ3n) is 0.867. The van der Waals surface area contributed by atoms with E-state index in [0.717, 1.165) is 6.42 Å². The molecule has 0 aromatic heterocycles. The molecule has 0 spiro atoms. The van der Waals surface area contributed by atoms with Gasteiger partial charge in [-0.25, -0.2) is 11.6 Å². The molecule has 0 aliphatic heterocycles. The fourth-order valence-electron chi connectivity index (χ4n) is 0.515. The maximum Gasteiger partial charge on any atom is 4.00 e. The summed E-state index contributed by atoms with van der Waals surface area (Å²) in [5, 5.41) is 0. The van der Waals surface area contributed by atoms with Gasteiger partial charge in [0.1, 0.15) is 0 Å². The van der Waals surface area contributed by atoms with Gasteiger partial charge < -0.3 is 24.8 Å². The molecule has 1 aliphatic rings. The SMILES string of the molecule is CC1=[C-]CC=C1.[Cl-].[Cl-].[Hf+4]. The summed E-state index contributed by atoms with van der Waals surface area (Å²) in [6, 6.07) is 0. The first kappa shape index (κ1) is 16.5. The zero-order valence-electron chi connectivity index (χ0n) is 5.12. The van der Waals surface area contributed by atoms with Gasteiger partial charge >= 0.3 is 25.8 Å². The molecule has 0 fully saturated rings. The number of hydrogen-bond donors (Lipinski definition) is 0. The van der Waals surface area contributed by atoms with Crippen molar-refractivity contribution in [2.45, 2.75) is 13.3 Å². The molecule has 0 heterocycles. The van der Waals surface area contributed by atoms with Crippen LogP contribution in [0.25, 0.3) is 0 Å². The van der Waals surface area contributed by atoms with Crippen LogP contribution in [0.3, 0.4) is 0 Å². The molecular weight excluding hydrogens is 321 g/mol. The molecule has 48 valence electrons. The van der Waals surface area contributed by atoms with Gasteiger partial charge in [0.2, 0.25) is 0 Å². The van der Waals surface area contributed by atoms with Crippen molar-refractivity contribution in [3.05, 3.63) is 23.8 Å². The molecule has 0 aromatic carbocycles. The van der Waals surface area contributed by atoms with Gasteiger partial charge in [-0.1, -0.05) is 6.92 Å². The smallest absolute Gasteiger partial charge is 1.00 e. The van der Waals surface area contributed by atoms with Crippen molar-refractivity contribution in [2.24, 2.45) is 0 Å². The second kappa shape index (κ2) is 8.93. The van der Waals surface area contributed by atoms with Crippen molar-refractivity contribution in [1.29, 1.82) is 0 Å². The molecule has 0 bridgehead atoms. The first-order valence-electron chi connectivity index (χ1n) is 2.13. The van der Waals surface area contributed by atoms with Gasteiger partial charge in [0.15, 0.2) is 0 Å². The monoisotopic (exact) mass is 329 g/mol. The van der Waals surface area contributed by atoms with Crippen molar-refractivity contribution < 1.29 is 50.7 Å². The Morgan fingerprint density at radius 2 is 2.00 bits per heavy atom. The Bertz CT molecular complexity index is 105. The van der Waals surface area contributed by atoms with Gasteiger partial charge in [0.25, 0.3) is 0 Å². The zero-order valence-corrected chi connectivity index (χ0v) is 10.2. The predicted octanol–water partition coefficient (Wildman–Crippen LogP) is -4.30. The fourth-order valence-corrected chi connectivity index (χ4v) is 0.515. The molecule has 0 saturated heterocycles. The minimum absolute atomic E-state index is 0. The molecule has 0 radical (unpaired) electrons. The molecule has 0 atom stereocenters. The van der Waals surface area contributed by atoms with E-state index >= 15 is 0 Å². The van der Waals surface area contributed by atoms with Gasteiger partial charge in [0.05, 0.1) is 0 Å². The van der Waals surface area contributed by atoms with Crippen LogP contribution in [0.2, 0.25) is 0 Å². The van der Waals surface area contributed by atoms with Crippen molar-refractivity contribution in [1.82, 2.24) is 0 Å². The van der Waals surface area contributed by atoms with Crippen LogP contribution in [0.15, 0.2) is 17.7 Å². The van der Waals surface area contributed by atoms with Crippen LogP contribution < -0.4 is 24.8 Å². The molecule has 1 rings (SSSR count). The molecule has 0 N–H and O–H groups in total. The van der Waals surface area contributed by atoms with E-state index in [1.165, 1.54) is 5.57 Å². The van der Waals surface area contributed by atoms with Gasteiger partial charge in [-0.2, -0.15) is 6.08 Å². The zero-order chi connectivity index (χ0) is 4.41. The minimum Gasteiger partial charge on any atom is -1.00 e. The molecule has 3 heteroatoms. The topological polar surface area (TPSA) is 0 Å². The normalized spacial score (nSPS) is 12.3. The molecule has 0 nitrogen and oxygen atoms in total. The molecule has 1 aliphatic carbocycles. The van der Waals surface area contributed by atoms with E-state index < -0.39 is 0 Å². The summed E-state index contributed by atoms with van der Waals surface area (Å²) in [4.78, 5) is 0. The Labute approximate surface area is 87.4 Å². The van der Waals surface area contributed by atoms with Crippen LogP contribution in [-0.4, -0.2) is 0 Å². The van der Waals surface area contributed by atoms with Crippen LogP contribution in [0.5, 0.6) is 0 Å². The molecule has 0 saturated carbocycles. The number of halogens is 2. The summed E-state index contributed by atoms with van der Waals surface area (Å²) in [6.45, 7) is 2.06. The van der Waals surface area contributed by atoms with E-state index in [1.807, 2.05) is 0 Å². The summed E-state index contributed by atoms with van der Waals surface area (Å²) in [7, 11) is 0. The maximum absolute atomic E-state index is 3.12. The van der Waals surface area contributed by atoms with E-state index in [-0.39, 0.29) is 50.7 Å². The van der Waals surface area contributed by atoms with Crippen LogP contribution >= 0.6 is 0 Å². The van der Waals surface area contributed by atoms with Crippen molar-refractivity contribution in [3.63, 3.8) is 0 Å². The molecule has 9 heavy (non-hydrogen) atoms. The van der Waals surface area contributed by atoms with Gasteiger partial charge in [-0.3, -0.25) is 6.08 Å². The molecule has 0 amide bonds. The first-order chi connectivity index (χ1) is 2.89.